The first-order valence-electron chi connectivity index (χ1n) is 8.64. The minimum atomic E-state index is -0.484. The average molecular weight is 311 g/mol. The predicted molar refractivity (Wildman–Crippen MR) is 90.2 cm³/mol. The van der Waals surface area contributed by atoms with Gasteiger partial charge in [-0.2, -0.15) is 0 Å². The third kappa shape index (κ3) is 2.69. The molecule has 0 N–H and O–H groups in total. The molecule has 2 bridgehead atoms. The van der Waals surface area contributed by atoms with Gasteiger partial charge in [0, 0.05) is 17.8 Å². The van der Waals surface area contributed by atoms with Crippen LogP contribution in [0.4, 0.5) is 8.78 Å². The van der Waals surface area contributed by atoms with Gasteiger partial charge in [-0.25, -0.2) is 8.78 Å². The number of pyridine rings is 1. The second-order valence-electron chi connectivity index (χ2n) is 6.97. The minimum Gasteiger partial charge on any atom is -0.256 e. The molecular formula is C19H20BF2N. The highest BCUT2D eigenvalue weighted by Gasteiger charge is 2.42. The lowest BCUT2D eigenvalue weighted by molar-refractivity contribution is 0.447. The Morgan fingerprint density at radius 1 is 0.957 bits per heavy atom. The topological polar surface area (TPSA) is 12.9 Å². The van der Waals surface area contributed by atoms with Crippen molar-refractivity contribution in [3.8, 4) is 11.3 Å². The van der Waals surface area contributed by atoms with Crippen LogP contribution in [0.15, 0.2) is 36.5 Å². The standard InChI is InChI=1S/C19H20BF2N/c21-15-11-16(20-13-5-3-6-14(20)8-4-7-13)19(17(22)12-15)18-9-1-2-10-23-18/h1-2,9-14H,3-8H2. The zero-order valence-electron chi connectivity index (χ0n) is 13.1. The summed E-state index contributed by atoms with van der Waals surface area (Å²) in [7, 11) is 0. The Morgan fingerprint density at radius 2 is 1.65 bits per heavy atom. The van der Waals surface area contributed by atoms with Gasteiger partial charge in [0.25, 0.3) is 0 Å². The van der Waals surface area contributed by atoms with Crippen molar-refractivity contribution >= 4 is 12.2 Å². The molecule has 0 aliphatic carbocycles. The Hall–Kier alpha value is -1.71. The molecule has 2 fully saturated rings. The first-order valence-corrected chi connectivity index (χ1v) is 8.64. The molecule has 2 aliphatic heterocycles. The van der Waals surface area contributed by atoms with Crippen LogP contribution in [0, 0.1) is 11.6 Å². The smallest absolute Gasteiger partial charge is 0.183 e. The Balaban J connectivity index is 1.87. The third-order valence-electron chi connectivity index (χ3n) is 5.68. The number of aromatic nitrogens is 1. The number of hydrogen-bond acceptors (Lipinski definition) is 1. The molecule has 0 spiro atoms. The average Bonchev–Trinajstić information content (AvgIpc) is 2.54. The van der Waals surface area contributed by atoms with Gasteiger partial charge in [0.15, 0.2) is 6.71 Å². The van der Waals surface area contributed by atoms with Crippen molar-refractivity contribution in [1.82, 2.24) is 4.98 Å². The maximum Gasteiger partial charge on any atom is 0.183 e. The molecule has 2 aliphatic rings. The molecule has 3 heterocycles. The Bertz CT molecular complexity index is 682. The second kappa shape index (κ2) is 6.07. The lowest BCUT2D eigenvalue weighted by atomic mass is 9.24. The van der Waals surface area contributed by atoms with Crippen LogP contribution in [0.2, 0.25) is 11.6 Å². The fourth-order valence-corrected chi connectivity index (χ4v) is 4.82. The van der Waals surface area contributed by atoms with E-state index in [1.807, 2.05) is 18.2 Å². The van der Waals surface area contributed by atoms with Crippen LogP contribution in [0.1, 0.15) is 38.5 Å². The normalized spacial score (nSPS) is 23.8. The van der Waals surface area contributed by atoms with Gasteiger partial charge >= 0.3 is 0 Å². The van der Waals surface area contributed by atoms with E-state index in [1.54, 1.807) is 12.3 Å². The molecule has 1 aromatic heterocycles. The minimum absolute atomic E-state index is 0.278. The molecule has 2 aromatic rings. The van der Waals surface area contributed by atoms with E-state index in [-0.39, 0.29) is 6.71 Å². The first kappa shape index (κ1) is 14.9. The largest absolute Gasteiger partial charge is 0.256 e. The molecule has 0 amide bonds. The molecule has 23 heavy (non-hydrogen) atoms. The quantitative estimate of drug-likeness (QED) is 0.723. The maximum atomic E-state index is 14.6. The van der Waals surface area contributed by atoms with E-state index in [0.29, 0.717) is 22.9 Å². The van der Waals surface area contributed by atoms with E-state index in [1.165, 1.54) is 38.5 Å². The van der Waals surface area contributed by atoms with Gasteiger partial charge in [-0.05, 0) is 18.2 Å². The van der Waals surface area contributed by atoms with Crippen LogP contribution in [-0.2, 0) is 0 Å². The molecule has 118 valence electrons. The first-order chi connectivity index (χ1) is 11.2. The molecule has 4 rings (SSSR count). The van der Waals surface area contributed by atoms with Gasteiger partial charge in [-0.1, -0.05) is 61.7 Å². The van der Waals surface area contributed by atoms with Gasteiger partial charge in [0.1, 0.15) is 11.6 Å². The zero-order valence-corrected chi connectivity index (χ0v) is 13.1. The number of benzene rings is 1. The molecule has 0 radical (unpaired) electrons. The second-order valence-corrected chi connectivity index (χ2v) is 6.97. The van der Waals surface area contributed by atoms with Gasteiger partial charge in [0.05, 0.1) is 5.69 Å². The summed E-state index contributed by atoms with van der Waals surface area (Å²) in [5.74, 6) is 0.167. The molecule has 0 saturated carbocycles. The van der Waals surface area contributed by atoms with Crippen LogP contribution in [0.3, 0.4) is 0 Å². The van der Waals surface area contributed by atoms with Gasteiger partial charge < -0.3 is 0 Å². The summed E-state index contributed by atoms with van der Waals surface area (Å²) < 4.78 is 28.6. The van der Waals surface area contributed by atoms with Gasteiger partial charge in [-0.15, -0.1) is 0 Å². The number of nitrogens with zero attached hydrogens (tertiary/aromatic N) is 1. The van der Waals surface area contributed by atoms with Gasteiger partial charge in [-0.3, -0.25) is 4.98 Å². The summed E-state index contributed by atoms with van der Waals surface area (Å²) >= 11 is 0. The molecule has 2 saturated heterocycles. The Morgan fingerprint density at radius 3 is 2.26 bits per heavy atom. The Kier molecular flexibility index (Phi) is 3.92. The summed E-state index contributed by atoms with van der Waals surface area (Å²) in [6.45, 7) is 0.278. The van der Waals surface area contributed by atoms with Crippen LogP contribution in [0.25, 0.3) is 11.3 Å². The lowest BCUT2D eigenvalue weighted by Gasteiger charge is -2.41. The number of halogens is 2. The predicted octanol–water partition coefficient (Wildman–Crippen LogP) is 4.84. The fraction of sp³-hybridized carbons (Fsp3) is 0.421. The van der Waals surface area contributed by atoms with Crippen LogP contribution >= 0.6 is 0 Å². The number of fused-ring (bicyclic) bond motifs is 2. The highest BCUT2D eigenvalue weighted by Crippen LogP contribution is 2.46. The molecule has 4 heteroatoms. The van der Waals surface area contributed by atoms with Crippen molar-refractivity contribution in [3.05, 3.63) is 48.2 Å². The Labute approximate surface area is 136 Å². The number of rotatable bonds is 2. The van der Waals surface area contributed by atoms with E-state index in [4.69, 9.17) is 0 Å². The zero-order chi connectivity index (χ0) is 15.8. The van der Waals surface area contributed by atoms with Crippen molar-refractivity contribution in [2.24, 2.45) is 0 Å². The van der Waals surface area contributed by atoms with E-state index in [9.17, 15) is 8.78 Å². The molecule has 0 atom stereocenters. The SMILES string of the molecule is Fc1cc(F)c(-c2ccccn2)c(B2C3CCCC2CCC3)c1. The fourth-order valence-electron chi connectivity index (χ4n) is 4.82. The third-order valence-corrected chi connectivity index (χ3v) is 5.68. The molecular weight excluding hydrogens is 291 g/mol. The summed E-state index contributed by atoms with van der Waals surface area (Å²) in [4.78, 5) is 4.33. The van der Waals surface area contributed by atoms with Crippen LogP contribution < -0.4 is 5.46 Å². The van der Waals surface area contributed by atoms with Crippen LogP contribution in [0.5, 0.6) is 0 Å². The van der Waals surface area contributed by atoms with Crippen molar-refractivity contribution < 1.29 is 8.78 Å². The molecule has 0 unspecified atom stereocenters. The molecule has 1 nitrogen and oxygen atoms in total. The summed E-state index contributed by atoms with van der Waals surface area (Å²) in [5.41, 5.74) is 1.97. The summed E-state index contributed by atoms with van der Waals surface area (Å²) in [6.07, 6.45) is 8.90. The maximum absolute atomic E-state index is 14.6. The highest BCUT2D eigenvalue weighted by atomic mass is 19.1. The summed E-state index contributed by atoms with van der Waals surface area (Å²) in [6, 6.07) is 8.05. The monoisotopic (exact) mass is 311 g/mol. The molecule has 1 aromatic carbocycles. The van der Waals surface area contributed by atoms with Crippen molar-refractivity contribution in [2.45, 2.75) is 50.2 Å². The van der Waals surface area contributed by atoms with Crippen molar-refractivity contribution in [1.29, 1.82) is 0 Å². The van der Waals surface area contributed by atoms with E-state index < -0.39 is 11.6 Å². The van der Waals surface area contributed by atoms with Gasteiger partial charge in [0.2, 0.25) is 0 Å². The lowest BCUT2D eigenvalue weighted by Crippen LogP contribution is -2.45. The number of hydrogen-bond donors (Lipinski definition) is 0. The highest BCUT2D eigenvalue weighted by molar-refractivity contribution is 6.77. The van der Waals surface area contributed by atoms with Crippen LogP contribution in [-0.4, -0.2) is 11.7 Å². The van der Waals surface area contributed by atoms with E-state index in [0.717, 1.165) is 11.5 Å². The van der Waals surface area contributed by atoms with Crippen molar-refractivity contribution in [2.75, 3.05) is 0 Å². The summed E-state index contributed by atoms with van der Waals surface area (Å²) in [5, 5.41) is 0. The van der Waals surface area contributed by atoms with E-state index in [2.05, 4.69) is 4.98 Å². The van der Waals surface area contributed by atoms with Crippen molar-refractivity contribution in [3.63, 3.8) is 0 Å². The van der Waals surface area contributed by atoms with E-state index >= 15 is 0 Å².